The third-order valence-electron chi connectivity index (χ3n) is 5.03. The lowest BCUT2D eigenvalue weighted by atomic mass is 9.95. The van der Waals surface area contributed by atoms with Crippen LogP contribution in [0.15, 0.2) is 54.6 Å². The number of esters is 1. The second kappa shape index (κ2) is 8.99. The van der Waals surface area contributed by atoms with Crippen molar-refractivity contribution in [3.05, 3.63) is 60.2 Å². The quantitative estimate of drug-likeness (QED) is 0.695. The van der Waals surface area contributed by atoms with Gasteiger partial charge in [-0.1, -0.05) is 30.3 Å². The largest absolute Gasteiger partial charge is 0.452 e. The van der Waals surface area contributed by atoms with E-state index in [0.717, 1.165) is 0 Å². The van der Waals surface area contributed by atoms with Crippen molar-refractivity contribution in [3.63, 3.8) is 0 Å². The lowest BCUT2D eigenvalue weighted by Crippen LogP contribution is -2.60. The molecule has 31 heavy (non-hydrogen) atoms. The van der Waals surface area contributed by atoms with Gasteiger partial charge in [0.15, 0.2) is 6.10 Å². The first-order valence-corrected chi connectivity index (χ1v) is 9.99. The summed E-state index contributed by atoms with van der Waals surface area (Å²) in [6.07, 6.45) is -1.19. The Balaban J connectivity index is 1.60. The summed E-state index contributed by atoms with van der Waals surface area (Å²) in [4.78, 5) is 51.2. The predicted octanol–water partition coefficient (Wildman–Crippen LogP) is 2.50. The average molecular weight is 423 g/mol. The molecule has 2 aromatic rings. The first kappa shape index (κ1) is 22.0. The van der Waals surface area contributed by atoms with Gasteiger partial charge in [0.05, 0.1) is 17.8 Å². The predicted molar refractivity (Wildman–Crippen MR) is 116 cm³/mol. The van der Waals surface area contributed by atoms with Gasteiger partial charge in [-0.25, -0.2) is 0 Å². The minimum absolute atomic E-state index is 0.0773. The molecule has 2 aromatic carbocycles. The normalized spacial score (nSPS) is 15.3. The molecule has 1 heterocycles. The Bertz CT molecular complexity index is 1000. The van der Waals surface area contributed by atoms with E-state index in [-0.39, 0.29) is 24.8 Å². The van der Waals surface area contributed by atoms with Gasteiger partial charge in [0.25, 0.3) is 11.8 Å². The van der Waals surface area contributed by atoms with E-state index in [9.17, 15) is 19.2 Å². The Morgan fingerprint density at radius 3 is 2.42 bits per heavy atom. The molecule has 3 rings (SSSR count). The number of carbonyl (C=O) groups excluding carboxylic acids is 4. The summed E-state index contributed by atoms with van der Waals surface area (Å²) in [5.74, 6) is -1.76. The van der Waals surface area contributed by atoms with Crippen LogP contribution in [0.3, 0.4) is 0 Å². The van der Waals surface area contributed by atoms with E-state index in [1.54, 1.807) is 68.4 Å². The van der Waals surface area contributed by atoms with Crippen molar-refractivity contribution in [3.8, 4) is 0 Å². The van der Waals surface area contributed by atoms with Crippen LogP contribution < -0.4 is 15.5 Å². The monoisotopic (exact) mass is 423 g/mol. The zero-order valence-electron chi connectivity index (χ0n) is 17.7. The number of ether oxygens (including phenoxy) is 1. The first-order chi connectivity index (χ1) is 14.7. The SMILES string of the molecule is C[C@H](OC(=O)CCNC(=O)c1ccccc1)C(=O)N1c2ccccc2NC(=O)C1(C)C. The van der Waals surface area contributed by atoms with Crippen LogP contribution in [0, 0.1) is 0 Å². The topological polar surface area (TPSA) is 105 Å². The molecule has 2 N–H and O–H groups in total. The molecule has 0 aliphatic carbocycles. The van der Waals surface area contributed by atoms with E-state index in [2.05, 4.69) is 10.6 Å². The molecule has 8 nitrogen and oxygen atoms in total. The number of hydrogen-bond donors (Lipinski definition) is 2. The van der Waals surface area contributed by atoms with Crippen molar-refractivity contribution in [1.82, 2.24) is 5.32 Å². The summed E-state index contributed by atoms with van der Waals surface area (Å²) < 4.78 is 5.28. The van der Waals surface area contributed by atoms with Crippen LogP contribution in [0.1, 0.15) is 37.6 Å². The fourth-order valence-corrected chi connectivity index (χ4v) is 3.30. The van der Waals surface area contributed by atoms with E-state index in [4.69, 9.17) is 4.74 Å². The van der Waals surface area contributed by atoms with Crippen molar-refractivity contribution in [2.75, 3.05) is 16.8 Å². The molecule has 0 unspecified atom stereocenters. The number of nitrogens with zero attached hydrogens (tertiary/aromatic N) is 1. The Labute approximate surface area is 180 Å². The highest BCUT2D eigenvalue weighted by Crippen LogP contribution is 2.37. The Morgan fingerprint density at radius 2 is 1.71 bits per heavy atom. The van der Waals surface area contributed by atoms with Crippen LogP contribution in [0.5, 0.6) is 0 Å². The van der Waals surface area contributed by atoms with Gasteiger partial charge in [0.2, 0.25) is 5.91 Å². The van der Waals surface area contributed by atoms with E-state index in [1.165, 1.54) is 11.8 Å². The summed E-state index contributed by atoms with van der Waals surface area (Å²) in [5.41, 5.74) is 0.386. The number of carbonyl (C=O) groups is 4. The highest BCUT2D eigenvalue weighted by Gasteiger charge is 2.45. The first-order valence-electron chi connectivity index (χ1n) is 9.99. The molecule has 1 atom stereocenters. The number of rotatable bonds is 6. The maximum absolute atomic E-state index is 13.1. The van der Waals surface area contributed by atoms with Gasteiger partial charge in [0.1, 0.15) is 5.54 Å². The van der Waals surface area contributed by atoms with Crippen molar-refractivity contribution in [2.24, 2.45) is 0 Å². The summed E-state index contributed by atoms with van der Waals surface area (Å²) in [7, 11) is 0. The van der Waals surface area contributed by atoms with E-state index in [0.29, 0.717) is 16.9 Å². The summed E-state index contributed by atoms with van der Waals surface area (Å²) in [5, 5.41) is 5.43. The number of benzene rings is 2. The standard InChI is InChI=1S/C23H25N3O5/c1-15(31-19(27)13-14-24-20(28)16-9-5-4-6-10-16)21(29)26-18-12-8-7-11-17(18)25-22(30)23(26,2)3/h4-12,15H,13-14H2,1-3H3,(H,24,28)(H,25,30)/t15-/m0/s1. The van der Waals surface area contributed by atoms with Crippen LogP contribution in [0.4, 0.5) is 11.4 Å². The van der Waals surface area contributed by atoms with Crippen molar-refractivity contribution in [2.45, 2.75) is 38.8 Å². The van der Waals surface area contributed by atoms with Gasteiger partial charge < -0.3 is 15.4 Å². The number of anilines is 2. The molecular formula is C23H25N3O5. The Morgan fingerprint density at radius 1 is 1.06 bits per heavy atom. The maximum atomic E-state index is 13.1. The third kappa shape index (κ3) is 4.74. The molecule has 0 bridgehead atoms. The molecule has 0 saturated heterocycles. The van der Waals surface area contributed by atoms with Crippen LogP contribution in [0.25, 0.3) is 0 Å². The smallest absolute Gasteiger partial charge is 0.308 e. The molecule has 0 aromatic heterocycles. The molecule has 0 fully saturated rings. The van der Waals surface area contributed by atoms with Gasteiger partial charge in [-0.05, 0) is 45.0 Å². The van der Waals surface area contributed by atoms with E-state index < -0.39 is 23.5 Å². The Hall–Kier alpha value is -3.68. The molecule has 162 valence electrons. The molecular weight excluding hydrogens is 398 g/mol. The van der Waals surface area contributed by atoms with Gasteiger partial charge in [-0.2, -0.15) is 0 Å². The second-order valence-corrected chi connectivity index (χ2v) is 7.71. The van der Waals surface area contributed by atoms with E-state index >= 15 is 0 Å². The van der Waals surface area contributed by atoms with Crippen molar-refractivity contribution >= 4 is 35.1 Å². The lowest BCUT2D eigenvalue weighted by Gasteiger charge is -2.42. The number of para-hydroxylation sites is 2. The lowest BCUT2D eigenvalue weighted by molar-refractivity contribution is -0.154. The summed E-state index contributed by atoms with van der Waals surface area (Å²) in [6.45, 7) is 4.80. The van der Waals surface area contributed by atoms with Gasteiger partial charge in [-0.15, -0.1) is 0 Å². The molecule has 0 spiro atoms. The molecule has 1 aliphatic heterocycles. The maximum Gasteiger partial charge on any atom is 0.308 e. The fourth-order valence-electron chi connectivity index (χ4n) is 3.30. The van der Waals surface area contributed by atoms with Crippen LogP contribution in [-0.2, 0) is 19.1 Å². The zero-order valence-corrected chi connectivity index (χ0v) is 17.7. The fraction of sp³-hybridized carbons (Fsp3) is 0.304. The highest BCUT2D eigenvalue weighted by atomic mass is 16.5. The number of nitrogens with one attached hydrogen (secondary N) is 2. The van der Waals surface area contributed by atoms with Crippen LogP contribution >= 0.6 is 0 Å². The third-order valence-corrected chi connectivity index (χ3v) is 5.03. The summed E-state index contributed by atoms with van der Waals surface area (Å²) in [6, 6.07) is 15.6. The number of amides is 3. The Kier molecular flexibility index (Phi) is 6.39. The van der Waals surface area contributed by atoms with Gasteiger partial charge >= 0.3 is 5.97 Å². The number of fused-ring (bicyclic) bond motifs is 1. The van der Waals surface area contributed by atoms with Gasteiger partial charge in [-0.3, -0.25) is 24.1 Å². The van der Waals surface area contributed by atoms with E-state index in [1.807, 2.05) is 0 Å². The van der Waals surface area contributed by atoms with Crippen LogP contribution in [-0.4, -0.2) is 41.9 Å². The number of hydrogen-bond acceptors (Lipinski definition) is 5. The summed E-state index contributed by atoms with van der Waals surface area (Å²) >= 11 is 0. The second-order valence-electron chi connectivity index (χ2n) is 7.71. The molecule has 8 heteroatoms. The zero-order chi connectivity index (χ0) is 22.6. The van der Waals surface area contributed by atoms with Crippen molar-refractivity contribution in [1.29, 1.82) is 0 Å². The van der Waals surface area contributed by atoms with Crippen molar-refractivity contribution < 1.29 is 23.9 Å². The minimum atomic E-state index is -1.16. The molecule has 0 radical (unpaired) electrons. The average Bonchev–Trinajstić information content (AvgIpc) is 2.74. The molecule has 0 saturated carbocycles. The highest BCUT2D eigenvalue weighted by molar-refractivity contribution is 6.15. The van der Waals surface area contributed by atoms with Gasteiger partial charge in [0, 0.05) is 12.1 Å². The molecule has 1 aliphatic rings. The minimum Gasteiger partial charge on any atom is -0.452 e. The van der Waals surface area contributed by atoms with Crippen LogP contribution in [0.2, 0.25) is 0 Å². The molecule has 3 amide bonds.